The Morgan fingerprint density at radius 2 is 2.07 bits per heavy atom. The molecule has 2 aromatic rings. The van der Waals surface area contributed by atoms with E-state index in [0.717, 1.165) is 37.7 Å². The Hall–Kier alpha value is -2.90. The van der Waals surface area contributed by atoms with Crippen molar-refractivity contribution in [2.45, 2.75) is 51.0 Å². The summed E-state index contributed by atoms with van der Waals surface area (Å²) in [5.74, 6) is 1.40. The van der Waals surface area contributed by atoms with Gasteiger partial charge >= 0.3 is 0 Å². The molecule has 154 valence electrons. The van der Waals surface area contributed by atoms with E-state index < -0.39 is 0 Å². The van der Waals surface area contributed by atoms with Crippen molar-refractivity contribution in [2.24, 2.45) is 5.92 Å². The summed E-state index contributed by atoms with van der Waals surface area (Å²) in [5, 5.41) is 5.98. The highest BCUT2D eigenvalue weighted by Crippen LogP contribution is 2.39. The van der Waals surface area contributed by atoms with Crippen LogP contribution in [0.15, 0.2) is 22.9 Å². The van der Waals surface area contributed by atoms with Gasteiger partial charge in [0.25, 0.3) is 11.8 Å². The monoisotopic (exact) mass is 398 g/mol. The van der Waals surface area contributed by atoms with Gasteiger partial charge < -0.3 is 19.8 Å². The Kier molecular flexibility index (Phi) is 5.51. The molecule has 2 amide bonds. The van der Waals surface area contributed by atoms with E-state index in [9.17, 15) is 9.59 Å². The number of aromatic nitrogens is 2. The van der Waals surface area contributed by atoms with Crippen molar-refractivity contribution in [3.63, 3.8) is 0 Å². The molecule has 2 N–H and O–H groups in total. The highest BCUT2D eigenvalue weighted by atomic mass is 16.5. The first-order valence-corrected chi connectivity index (χ1v) is 10.1. The maximum atomic E-state index is 12.6. The van der Waals surface area contributed by atoms with E-state index in [4.69, 9.17) is 9.15 Å². The summed E-state index contributed by atoms with van der Waals surface area (Å²) < 4.78 is 10.7. The molecule has 2 heterocycles. The zero-order chi connectivity index (χ0) is 20.4. The number of amides is 2. The van der Waals surface area contributed by atoms with Crippen LogP contribution in [0.3, 0.4) is 0 Å². The number of nitrogens with zero attached hydrogens (tertiary/aromatic N) is 2. The molecule has 4 rings (SSSR count). The molecule has 0 saturated heterocycles. The lowest BCUT2D eigenvalue weighted by molar-refractivity contribution is 0.0919. The normalized spacial score (nSPS) is 21.0. The molecule has 2 aliphatic carbocycles. The van der Waals surface area contributed by atoms with E-state index in [1.807, 2.05) is 6.92 Å². The molecule has 2 atom stereocenters. The Bertz CT molecular complexity index is 906. The molecule has 0 bridgehead atoms. The topological polar surface area (TPSA) is 106 Å². The maximum absolute atomic E-state index is 12.6. The molecule has 2 unspecified atom stereocenters. The fraction of sp³-hybridized carbons (Fsp3) is 0.524. The number of carbonyl (C=O) groups is 2. The number of hydrogen-bond acceptors (Lipinski definition) is 6. The first kappa shape index (κ1) is 19.4. The van der Waals surface area contributed by atoms with Crippen molar-refractivity contribution in [2.75, 3.05) is 13.7 Å². The molecular formula is C21H26N4O4. The van der Waals surface area contributed by atoms with Gasteiger partial charge in [0.15, 0.2) is 17.3 Å². The van der Waals surface area contributed by atoms with E-state index >= 15 is 0 Å². The van der Waals surface area contributed by atoms with Crippen LogP contribution in [-0.4, -0.2) is 41.5 Å². The van der Waals surface area contributed by atoms with Crippen LogP contribution in [0.5, 0.6) is 5.75 Å². The number of carbonyl (C=O) groups excluding carboxylic acids is 2. The third-order valence-corrected chi connectivity index (χ3v) is 5.53. The van der Waals surface area contributed by atoms with Gasteiger partial charge in [0.1, 0.15) is 12.0 Å². The number of oxazole rings is 1. The Balaban J connectivity index is 1.25. The first-order valence-electron chi connectivity index (χ1n) is 10.1. The van der Waals surface area contributed by atoms with E-state index in [2.05, 4.69) is 20.6 Å². The van der Waals surface area contributed by atoms with Gasteiger partial charge in [0, 0.05) is 24.7 Å². The van der Waals surface area contributed by atoms with Crippen molar-refractivity contribution >= 4 is 11.8 Å². The predicted octanol–water partition coefficient (Wildman–Crippen LogP) is 2.59. The minimum Gasteiger partial charge on any atom is -0.494 e. The van der Waals surface area contributed by atoms with Crippen LogP contribution in [0.4, 0.5) is 0 Å². The lowest BCUT2D eigenvalue weighted by atomic mass is 10.1. The summed E-state index contributed by atoms with van der Waals surface area (Å²) >= 11 is 0. The standard InChI is InChI=1S/C21H26N4O4/c1-12-7-17(28-2)18(22-9-12)20(27)24-15-6-3-13(8-15)10-23-19(26)16-11-29-21(25-16)14-4-5-14/h7,9,11,13-15H,3-6,8,10H2,1-2H3,(H,23,26)(H,24,27). The molecule has 0 radical (unpaired) electrons. The summed E-state index contributed by atoms with van der Waals surface area (Å²) in [6, 6.07) is 1.86. The lowest BCUT2D eigenvalue weighted by Gasteiger charge is -2.15. The second-order valence-corrected chi connectivity index (χ2v) is 7.97. The third-order valence-electron chi connectivity index (χ3n) is 5.53. The Labute approximate surface area is 169 Å². The highest BCUT2D eigenvalue weighted by molar-refractivity contribution is 5.95. The van der Waals surface area contributed by atoms with Crippen LogP contribution in [0.1, 0.15) is 70.5 Å². The van der Waals surface area contributed by atoms with E-state index in [1.54, 1.807) is 12.3 Å². The van der Waals surface area contributed by atoms with Gasteiger partial charge in [-0.15, -0.1) is 0 Å². The molecule has 8 nitrogen and oxygen atoms in total. The molecule has 0 spiro atoms. The highest BCUT2D eigenvalue weighted by Gasteiger charge is 2.30. The number of aryl methyl sites for hydroxylation is 1. The van der Waals surface area contributed by atoms with Crippen LogP contribution in [0.2, 0.25) is 0 Å². The van der Waals surface area contributed by atoms with Gasteiger partial charge in [-0.25, -0.2) is 9.97 Å². The lowest BCUT2D eigenvalue weighted by Crippen LogP contribution is -2.34. The van der Waals surface area contributed by atoms with Gasteiger partial charge in [0.05, 0.1) is 7.11 Å². The van der Waals surface area contributed by atoms with Crippen molar-refractivity contribution < 1.29 is 18.7 Å². The van der Waals surface area contributed by atoms with Gasteiger partial charge in [-0.05, 0) is 56.6 Å². The molecule has 0 aromatic carbocycles. The Morgan fingerprint density at radius 3 is 2.83 bits per heavy atom. The number of ether oxygens (including phenoxy) is 1. The van der Waals surface area contributed by atoms with Crippen molar-refractivity contribution in [3.05, 3.63) is 41.4 Å². The second-order valence-electron chi connectivity index (χ2n) is 7.97. The SMILES string of the molecule is COc1cc(C)cnc1C(=O)NC1CCC(CNC(=O)c2coc(C3CC3)n2)C1. The molecule has 0 aliphatic heterocycles. The van der Waals surface area contributed by atoms with Crippen molar-refractivity contribution in [1.82, 2.24) is 20.6 Å². The van der Waals surface area contributed by atoms with Crippen LogP contribution in [0, 0.1) is 12.8 Å². The summed E-state index contributed by atoms with van der Waals surface area (Å²) in [5.41, 5.74) is 1.58. The quantitative estimate of drug-likeness (QED) is 0.742. The van der Waals surface area contributed by atoms with Crippen LogP contribution >= 0.6 is 0 Å². The van der Waals surface area contributed by atoms with Crippen molar-refractivity contribution in [3.8, 4) is 5.75 Å². The zero-order valence-corrected chi connectivity index (χ0v) is 16.7. The summed E-state index contributed by atoms with van der Waals surface area (Å²) in [6.07, 6.45) is 7.88. The molecule has 29 heavy (non-hydrogen) atoms. The van der Waals surface area contributed by atoms with E-state index in [1.165, 1.54) is 13.4 Å². The average molecular weight is 398 g/mol. The number of hydrogen-bond donors (Lipinski definition) is 2. The number of nitrogens with one attached hydrogen (secondary N) is 2. The zero-order valence-electron chi connectivity index (χ0n) is 16.7. The largest absolute Gasteiger partial charge is 0.494 e. The smallest absolute Gasteiger partial charge is 0.273 e. The molecule has 8 heteroatoms. The summed E-state index contributed by atoms with van der Waals surface area (Å²) in [6.45, 7) is 2.46. The van der Waals surface area contributed by atoms with Gasteiger partial charge in [-0.2, -0.15) is 0 Å². The molecule has 2 aliphatic rings. The maximum Gasteiger partial charge on any atom is 0.273 e. The third kappa shape index (κ3) is 4.58. The molecule has 2 aromatic heterocycles. The molecular weight excluding hydrogens is 372 g/mol. The second kappa shape index (κ2) is 8.23. The minimum atomic E-state index is -0.230. The van der Waals surface area contributed by atoms with E-state index in [-0.39, 0.29) is 17.9 Å². The predicted molar refractivity (Wildman–Crippen MR) is 105 cm³/mol. The first-order chi connectivity index (χ1) is 14.0. The number of pyridine rings is 1. The fourth-order valence-electron chi connectivity index (χ4n) is 3.75. The minimum absolute atomic E-state index is 0.0609. The fourth-order valence-corrected chi connectivity index (χ4v) is 3.75. The van der Waals surface area contributed by atoms with Crippen LogP contribution in [0.25, 0.3) is 0 Å². The van der Waals surface area contributed by atoms with Gasteiger partial charge in [-0.3, -0.25) is 9.59 Å². The summed E-state index contributed by atoms with van der Waals surface area (Å²) in [4.78, 5) is 33.3. The van der Waals surface area contributed by atoms with E-state index in [0.29, 0.717) is 41.4 Å². The van der Waals surface area contributed by atoms with Crippen molar-refractivity contribution in [1.29, 1.82) is 0 Å². The number of methoxy groups -OCH3 is 1. The van der Waals surface area contributed by atoms with Crippen LogP contribution in [-0.2, 0) is 0 Å². The molecule has 2 saturated carbocycles. The summed E-state index contributed by atoms with van der Waals surface area (Å²) in [7, 11) is 1.53. The van der Waals surface area contributed by atoms with Crippen LogP contribution < -0.4 is 15.4 Å². The average Bonchev–Trinajstić information content (AvgIpc) is 3.27. The van der Waals surface area contributed by atoms with Gasteiger partial charge in [-0.1, -0.05) is 0 Å². The molecule has 2 fully saturated rings. The number of rotatable bonds is 7. The van der Waals surface area contributed by atoms with Gasteiger partial charge in [0.2, 0.25) is 0 Å². The Morgan fingerprint density at radius 1 is 1.24 bits per heavy atom.